The number of para-hydroxylation sites is 1. The third-order valence-electron chi connectivity index (χ3n) is 3.73. The molecule has 0 aliphatic rings. The molecule has 3 N–H and O–H groups in total. The summed E-state index contributed by atoms with van der Waals surface area (Å²) in [4.78, 5) is 12.1. The van der Waals surface area contributed by atoms with Crippen molar-refractivity contribution in [3.05, 3.63) is 42.1 Å². The molecule has 1 aromatic heterocycles. The number of carbonyl (C=O) groups is 1. The quantitative estimate of drug-likeness (QED) is 0.793. The number of nitrogens with one attached hydrogen (secondary N) is 2. The van der Waals surface area contributed by atoms with Crippen molar-refractivity contribution in [2.75, 3.05) is 11.9 Å². The molecule has 2 amide bonds. The topological polar surface area (TPSA) is 79.2 Å². The van der Waals surface area contributed by atoms with E-state index in [2.05, 4.69) is 15.7 Å². The highest BCUT2D eigenvalue weighted by atomic mass is 16.3. The first-order valence-corrected chi connectivity index (χ1v) is 7.31. The van der Waals surface area contributed by atoms with Crippen LogP contribution < -0.4 is 10.6 Å². The van der Waals surface area contributed by atoms with Gasteiger partial charge < -0.3 is 10.4 Å². The van der Waals surface area contributed by atoms with E-state index in [0.29, 0.717) is 5.82 Å². The summed E-state index contributed by atoms with van der Waals surface area (Å²) in [6.45, 7) is 5.76. The van der Waals surface area contributed by atoms with Crippen LogP contribution in [0, 0.1) is 12.8 Å². The molecule has 1 heterocycles. The van der Waals surface area contributed by atoms with Gasteiger partial charge in [-0.3, -0.25) is 5.32 Å². The second kappa shape index (κ2) is 7.09. The predicted octanol–water partition coefficient (Wildman–Crippen LogP) is 2.32. The van der Waals surface area contributed by atoms with E-state index in [9.17, 15) is 4.79 Å². The lowest BCUT2D eigenvalue weighted by Crippen LogP contribution is -2.41. The molecule has 2 atom stereocenters. The number of aliphatic hydroxyl groups is 1. The van der Waals surface area contributed by atoms with Gasteiger partial charge in [0.25, 0.3) is 0 Å². The zero-order valence-electron chi connectivity index (χ0n) is 13.1. The average molecular weight is 302 g/mol. The minimum atomic E-state index is -0.317. The van der Waals surface area contributed by atoms with Gasteiger partial charge in [-0.1, -0.05) is 25.1 Å². The second-order valence-electron chi connectivity index (χ2n) is 5.46. The Morgan fingerprint density at radius 2 is 2.05 bits per heavy atom. The lowest BCUT2D eigenvalue weighted by molar-refractivity contribution is 0.204. The average Bonchev–Trinajstić information content (AvgIpc) is 2.94. The number of benzene rings is 1. The molecule has 0 aliphatic carbocycles. The van der Waals surface area contributed by atoms with Crippen molar-refractivity contribution in [3.8, 4) is 5.69 Å². The van der Waals surface area contributed by atoms with Crippen LogP contribution in [0.1, 0.15) is 19.4 Å². The molecule has 0 aliphatic heterocycles. The molecule has 0 radical (unpaired) electrons. The normalized spacial score (nSPS) is 13.5. The lowest BCUT2D eigenvalue weighted by atomic mass is 10.1. The maximum absolute atomic E-state index is 12.1. The van der Waals surface area contributed by atoms with Crippen molar-refractivity contribution < 1.29 is 9.90 Å². The number of nitrogens with zero attached hydrogens (tertiary/aromatic N) is 2. The number of hydrogen-bond donors (Lipinski definition) is 3. The number of aryl methyl sites for hydroxylation is 1. The van der Waals surface area contributed by atoms with Crippen LogP contribution in [0.3, 0.4) is 0 Å². The number of carbonyl (C=O) groups excluding carboxylic acids is 1. The van der Waals surface area contributed by atoms with Crippen LogP contribution in [0.5, 0.6) is 0 Å². The largest absolute Gasteiger partial charge is 0.396 e. The van der Waals surface area contributed by atoms with Crippen molar-refractivity contribution in [2.24, 2.45) is 5.92 Å². The number of amides is 2. The summed E-state index contributed by atoms with van der Waals surface area (Å²) in [5, 5.41) is 19.0. The molecule has 2 aromatic rings. The molecule has 0 saturated heterocycles. The molecule has 6 nitrogen and oxygen atoms in total. The third-order valence-corrected chi connectivity index (χ3v) is 3.73. The number of urea groups is 1. The minimum Gasteiger partial charge on any atom is -0.396 e. The van der Waals surface area contributed by atoms with Crippen molar-refractivity contribution in [2.45, 2.75) is 26.8 Å². The first-order chi connectivity index (χ1) is 10.5. The highest BCUT2D eigenvalue weighted by molar-refractivity contribution is 5.88. The molecule has 0 fully saturated rings. The van der Waals surface area contributed by atoms with E-state index in [1.807, 2.05) is 45.0 Å². The predicted molar refractivity (Wildman–Crippen MR) is 86.2 cm³/mol. The van der Waals surface area contributed by atoms with E-state index in [-0.39, 0.29) is 24.6 Å². The fourth-order valence-corrected chi connectivity index (χ4v) is 2.05. The number of hydrogen-bond acceptors (Lipinski definition) is 3. The molecule has 118 valence electrons. The second-order valence-corrected chi connectivity index (χ2v) is 5.46. The van der Waals surface area contributed by atoms with E-state index >= 15 is 0 Å². The lowest BCUT2D eigenvalue weighted by Gasteiger charge is -2.19. The summed E-state index contributed by atoms with van der Waals surface area (Å²) >= 11 is 0. The zero-order chi connectivity index (χ0) is 16.1. The number of rotatable bonds is 5. The number of aromatic nitrogens is 2. The Hall–Kier alpha value is -2.34. The molecular weight excluding hydrogens is 280 g/mol. The van der Waals surface area contributed by atoms with Crippen molar-refractivity contribution in [1.29, 1.82) is 0 Å². The highest BCUT2D eigenvalue weighted by Gasteiger charge is 2.15. The Kier molecular flexibility index (Phi) is 5.16. The van der Waals surface area contributed by atoms with Gasteiger partial charge in [0.2, 0.25) is 0 Å². The summed E-state index contributed by atoms with van der Waals surface area (Å²) in [7, 11) is 0. The molecule has 6 heteroatoms. The van der Waals surface area contributed by atoms with E-state index in [4.69, 9.17) is 5.11 Å². The molecule has 1 aromatic carbocycles. The fourth-order valence-electron chi connectivity index (χ4n) is 2.05. The maximum Gasteiger partial charge on any atom is 0.320 e. The summed E-state index contributed by atoms with van der Waals surface area (Å²) in [6.07, 6.45) is 1.64. The van der Waals surface area contributed by atoms with Gasteiger partial charge in [0.05, 0.1) is 11.9 Å². The van der Waals surface area contributed by atoms with Crippen molar-refractivity contribution in [3.63, 3.8) is 0 Å². The van der Waals surface area contributed by atoms with Gasteiger partial charge in [-0.05, 0) is 31.4 Å². The Balaban J connectivity index is 2.11. The maximum atomic E-state index is 12.1. The van der Waals surface area contributed by atoms with Gasteiger partial charge in [-0.25, -0.2) is 9.48 Å². The van der Waals surface area contributed by atoms with Crippen LogP contribution in [0.15, 0.2) is 36.5 Å². The molecule has 0 bridgehead atoms. The summed E-state index contributed by atoms with van der Waals surface area (Å²) in [5.41, 5.74) is 1.98. The Labute approximate surface area is 130 Å². The Morgan fingerprint density at radius 3 is 2.73 bits per heavy atom. The Morgan fingerprint density at radius 1 is 1.32 bits per heavy atom. The van der Waals surface area contributed by atoms with E-state index in [1.165, 1.54) is 0 Å². The van der Waals surface area contributed by atoms with Crippen LogP contribution in [-0.2, 0) is 0 Å². The Bertz CT molecular complexity index is 639. The molecule has 0 spiro atoms. The van der Waals surface area contributed by atoms with Gasteiger partial charge in [-0.2, -0.15) is 5.10 Å². The van der Waals surface area contributed by atoms with Crippen molar-refractivity contribution in [1.82, 2.24) is 15.1 Å². The number of aliphatic hydroxyl groups excluding tert-OH is 1. The monoisotopic (exact) mass is 302 g/mol. The first-order valence-electron chi connectivity index (χ1n) is 7.31. The molecule has 22 heavy (non-hydrogen) atoms. The third kappa shape index (κ3) is 3.65. The molecule has 0 unspecified atom stereocenters. The van der Waals surface area contributed by atoms with Crippen LogP contribution in [0.4, 0.5) is 10.6 Å². The summed E-state index contributed by atoms with van der Waals surface area (Å²) < 4.78 is 1.69. The van der Waals surface area contributed by atoms with E-state index in [0.717, 1.165) is 11.3 Å². The first kappa shape index (κ1) is 16.0. The van der Waals surface area contributed by atoms with Gasteiger partial charge in [-0.15, -0.1) is 0 Å². The highest BCUT2D eigenvalue weighted by Crippen LogP contribution is 2.18. The van der Waals surface area contributed by atoms with Crippen LogP contribution in [0.25, 0.3) is 5.69 Å². The van der Waals surface area contributed by atoms with Crippen LogP contribution in [0.2, 0.25) is 0 Å². The summed E-state index contributed by atoms with van der Waals surface area (Å²) in [5.74, 6) is 0.586. The van der Waals surface area contributed by atoms with E-state index in [1.54, 1.807) is 16.9 Å². The SMILES string of the molecule is Cc1ccccc1-n1nccc1NC(=O)N[C@H](C)[C@@H](C)CO. The van der Waals surface area contributed by atoms with Gasteiger partial charge in [0.15, 0.2) is 0 Å². The van der Waals surface area contributed by atoms with Gasteiger partial charge in [0.1, 0.15) is 5.82 Å². The van der Waals surface area contributed by atoms with Gasteiger partial charge in [0, 0.05) is 18.7 Å². The van der Waals surface area contributed by atoms with Crippen LogP contribution >= 0.6 is 0 Å². The van der Waals surface area contributed by atoms with Crippen molar-refractivity contribution >= 4 is 11.8 Å². The summed E-state index contributed by atoms with van der Waals surface area (Å²) in [6, 6.07) is 9.13. The zero-order valence-corrected chi connectivity index (χ0v) is 13.1. The molecule has 0 saturated carbocycles. The number of anilines is 1. The standard InChI is InChI=1S/C16H22N4O2/c1-11-6-4-5-7-14(11)20-15(8-9-17-20)19-16(22)18-13(3)12(2)10-21/h4-9,12-13,21H,10H2,1-3H3,(H2,18,19,22)/t12-,13+/m0/s1. The molecule has 2 rings (SSSR count). The smallest absolute Gasteiger partial charge is 0.320 e. The van der Waals surface area contributed by atoms with Crippen LogP contribution in [-0.4, -0.2) is 33.6 Å². The fraction of sp³-hybridized carbons (Fsp3) is 0.375. The van der Waals surface area contributed by atoms with E-state index < -0.39 is 0 Å². The minimum absolute atomic E-state index is 0.00738. The van der Waals surface area contributed by atoms with Gasteiger partial charge >= 0.3 is 6.03 Å². The molecular formula is C16H22N4O2.